The lowest BCUT2D eigenvalue weighted by molar-refractivity contribution is -0.141. The van der Waals surface area contributed by atoms with Crippen LogP contribution in [-0.4, -0.2) is 29.2 Å². The molecule has 1 fully saturated rings. The van der Waals surface area contributed by atoms with Gasteiger partial charge in [0.1, 0.15) is 0 Å². The molecular weight excluding hydrogens is 244 g/mol. The Hall–Kier alpha value is -1.39. The highest BCUT2D eigenvalue weighted by atomic mass is 16.2. The van der Waals surface area contributed by atoms with Crippen molar-refractivity contribution >= 4 is 17.7 Å². The number of amides is 3. The number of hydrogen-bond acceptors (Lipinski definition) is 3. The highest BCUT2D eigenvalue weighted by molar-refractivity contribution is 6.06. The summed E-state index contributed by atoms with van der Waals surface area (Å²) < 4.78 is 0. The molecule has 108 valence electrons. The molecule has 3 amide bonds. The average molecular weight is 268 g/mol. The van der Waals surface area contributed by atoms with E-state index in [0.29, 0.717) is 25.8 Å². The quantitative estimate of drug-likeness (QED) is 0.560. The SMILES string of the molecule is CCC1(C)C(=O)N(CCCCCC(N)=O)C(=O)C1C. The molecule has 5 heteroatoms. The predicted octanol–water partition coefficient (Wildman–Crippen LogP) is 1.45. The Morgan fingerprint density at radius 1 is 1.32 bits per heavy atom. The first-order valence-electron chi connectivity index (χ1n) is 6.98. The van der Waals surface area contributed by atoms with E-state index >= 15 is 0 Å². The Balaban J connectivity index is 2.49. The fraction of sp³-hybridized carbons (Fsp3) is 0.786. The van der Waals surface area contributed by atoms with E-state index in [2.05, 4.69) is 0 Å². The predicted molar refractivity (Wildman–Crippen MR) is 71.9 cm³/mol. The average Bonchev–Trinajstić information content (AvgIpc) is 2.53. The molecule has 0 saturated carbocycles. The second kappa shape index (κ2) is 6.17. The van der Waals surface area contributed by atoms with E-state index in [-0.39, 0.29) is 23.6 Å². The lowest BCUT2D eigenvalue weighted by Gasteiger charge is -2.22. The van der Waals surface area contributed by atoms with Gasteiger partial charge in [0.05, 0.1) is 5.41 Å². The van der Waals surface area contributed by atoms with Gasteiger partial charge in [-0.15, -0.1) is 0 Å². The van der Waals surface area contributed by atoms with Gasteiger partial charge in [-0.25, -0.2) is 0 Å². The van der Waals surface area contributed by atoms with E-state index in [4.69, 9.17) is 5.73 Å². The lowest BCUT2D eigenvalue weighted by Crippen LogP contribution is -2.34. The number of hydrogen-bond donors (Lipinski definition) is 1. The van der Waals surface area contributed by atoms with E-state index in [1.807, 2.05) is 20.8 Å². The zero-order valence-electron chi connectivity index (χ0n) is 12.1. The van der Waals surface area contributed by atoms with Crippen molar-refractivity contribution in [3.63, 3.8) is 0 Å². The topological polar surface area (TPSA) is 80.5 Å². The van der Waals surface area contributed by atoms with Gasteiger partial charge in [-0.05, 0) is 26.2 Å². The van der Waals surface area contributed by atoms with Crippen LogP contribution in [0.2, 0.25) is 0 Å². The maximum Gasteiger partial charge on any atom is 0.235 e. The molecule has 0 aromatic carbocycles. The van der Waals surface area contributed by atoms with Crippen LogP contribution < -0.4 is 5.73 Å². The Morgan fingerprint density at radius 2 is 1.95 bits per heavy atom. The molecule has 1 saturated heterocycles. The number of imide groups is 1. The molecule has 0 radical (unpaired) electrons. The molecule has 0 spiro atoms. The van der Waals surface area contributed by atoms with Crippen LogP contribution in [0.1, 0.15) is 52.9 Å². The van der Waals surface area contributed by atoms with Crippen LogP contribution in [-0.2, 0) is 14.4 Å². The fourth-order valence-corrected chi connectivity index (χ4v) is 2.51. The van der Waals surface area contributed by atoms with Gasteiger partial charge in [-0.3, -0.25) is 19.3 Å². The van der Waals surface area contributed by atoms with Crippen molar-refractivity contribution in [3.8, 4) is 0 Å². The molecule has 5 nitrogen and oxygen atoms in total. The zero-order valence-corrected chi connectivity index (χ0v) is 12.1. The number of nitrogens with zero attached hydrogens (tertiary/aromatic N) is 1. The summed E-state index contributed by atoms with van der Waals surface area (Å²) in [5, 5.41) is 0. The Kier molecular flexibility index (Phi) is 5.09. The largest absolute Gasteiger partial charge is 0.370 e. The maximum absolute atomic E-state index is 12.3. The summed E-state index contributed by atoms with van der Waals surface area (Å²) in [6, 6.07) is 0. The molecule has 1 aliphatic heterocycles. The Bertz CT molecular complexity index is 381. The Morgan fingerprint density at radius 3 is 2.42 bits per heavy atom. The van der Waals surface area contributed by atoms with Crippen LogP contribution in [0.15, 0.2) is 0 Å². The van der Waals surface area contributed by atoms with Gasteiger partial charge in [0, 0.05) is 18.9 Å². The number of carbonyl (C=O) groups excluding carboxylic acids is 3. The molecule has 1 aliphatic rings. The number of unbranched alkanes of at least 4 members (excludes halogenated alkanes) is 2. The molecule has 0 aromatic rings. The monoisotopic (exact) mass is 268 g/mol. The van der Waals surface area contributed by atoms with Crippen molar-refractivity contribution in [2.45, 2.75) is 52.9 Å². The summed E-state index contributed by atoms with van der Waals surface area (Å²) in [5.41, 5.74) is 4.50. The van der Waals surface area contributed by atoms with Gasteiger partial charge < -0.3 is 5.73 Å². The molecule has 19 heavy (non-hydrogen) atoms. The molecule has 2 N–H and O–H groups in total. The lowest BCUT2D eigenvalue weighted by atomic mass is 9.78. The minimum absolute atomic E-state index is 0.0533. The van der Waals surface area contributed by atoms with Gasteiger partial charge in [-0.1, -0.05) is 20.3 Å². The highest BCUT2D eigenvalue weighted by Crippen LogP contribution is 2.40. The van der Waals surface area contributed by atoms with Crippen molar-refractivity contribution in [1.29, 1.82) is 0 Å². The zero-order chi connectivity index (χ0) is 14.6. The number of carbonyl (C=O) groups is 3. The molecular formula is C14H24N2O3. The van der Waals surface area contributed by atoms with Crippen molar-refractivity contribution in [2.75, 3.05) is 6.54 Å². The van der Waals surface area contributed by atoms with Crippen LogP contribution >= 0.6 is 0 Å². The number of rotatable bonds is 7. The third-order valence-corrected chi connectivity index (χ3v) is 4.37. The van der Waals surface area contributed by atoms with Crippen LogP contribution in [0.25, 0.3) is 0 Å². The van der Waals surface area contributed by atoms with Crippen molar-refractivity contribution in [2.24, 2.45) is 17.1 Å². The maximum atomic E-state index is 12.3. The summed E-state index contributed by atoms with van der Waals surface area (Å²) in [6.07, 6.45) is 3.29. The molecule has 2 unspecified atom stereocenters. The summed E-state index contributed by atoms with van der Waals surface area (Å²) in [7, 11) is 0. The van der Waals surface area contributed by atoms with Gasteiger partial charge in [-0.2, -0.15) is 0 Å². The summed E-state index contributed by atoms with van der Waals surface area (Å²) in [4.78, 5) is 36.4. The first-order chi connectivity index (χ1) is 8.84. The van der Waals surface area contributed by atoms with Crippen LogP contribution in [0.3, 0.4) is 0 Å². The smallest absolute Gasteiger partial charge is 0.235 e. The molecule has 1 rings (SSSR count). The highest BCUT2D eigenvalue weighted by Gasteiger charge is 2.52. The first-order valence-corrected chi connectivity index (χ1v) is 6.98. The van der Waals surface area contributed by atoms with Gasteiger partial charge in [0.15, 0.2) is 0 Å². The molecule has 2 atom stereocenters. The molecule has 0 bridgehead atoms. The second-order valence-corrected chi connectivity index (χ2v) is 5.56. The molecule has 1 heterocycles. The van der Waals surface area contributed by atoms with Crippen molar-refractivity contribution in [3.05, 3.63) is 0 Å². The normalized spacial score (nSPS) is 27.1. The number of primary amides is 1. The van der Waals surface area contributed by atoms with E-state index in [0.717, 1.165) is 12.8 Å². The third kappa shape index (κ3) is 3.14. The molecule has 0 aliphatic carbocycles. The van der Waals surface area contributed by atoms with E-state index in [1.54, 1.807) is 0 Å². The van der Waals surface area contributed by atoms with E-state index in [1.165, 1.54) is 4.90 Å². The van der Waals surface area contributed by atoms with E-state index in [9.17, 15) is 14.4 Å². The summed E-state index contributed by atoms with van der Waals surface area (Å²) in [5.74, 6) is -0.664. The van der Waals surface area contributed by atoms with Crippen molar-refractivity contribution in [1.82, 2.24) is 4.90 Å². The fourth-order valence-electron chi connectivity index (χ4n) is 2.51. The summed E-state index contributed by atoms with van der Waals surface area (Å²) in [6.45, 7) is 6.09. The van der Waals surface area contributed by atoms with Crippen LogP contribution in [0.5, 0.6) is 0 Å². The first kappa shape index (κ1) is 15.7. The standard InChI is InChI=1S/C14H24N2O3/c1-4-14(3)10(2)12(18)16(13(14)19)9-7-5-6-8-11(15)17/h10H,4-9H2,1-3H3,(H2,15,17). The van der Waals surface area contributed by atoms with Crippen LogP contribution in [0.4, 0.5) is 0 Å². The van der Waals surface area contributed by atoms with Gasteiger partial charge >= 0.3 is 0 Å². The summed E-state index contributed by atoms with van der Waals surface area (Å²) >= 11 is 0. The number of nitrogens with two attached hydrogens (primary N) is 1. The molecule has 0 aromatic heterocycles. The van der Waals surface area contributed by atoms with Gasteiger partial charge in [0.25, 0.3) is 0 Å². The van der Waals surface area contributed by atoms with Crippen molar-refractivity contribution < 1.29 is 14.4 Å². The van der Waals surface area contributed by atoms with Crippen LogP contribution in [0, 0.1) is 11.3 Å². The Labute approximate surface area is 114 Å². The van der Waals surface area contributed by atoms with Gasteiger partial charge in [0.2, 0.25) is 17.7 Å². The minimum Gasteiger partial charge on any atom is -0.370 e. The second-order valence-electron chi connectivity index (χ2n) is 5.56. The third-order valence-electron chi connectivity index (χ3n) is 4.37. The minimum atomic E-state index is -0.551. The van der Waals surface area contributed by atoms with E-state index < -0.39 is 5.41 Å². The number of likely N-dealkylation sites (tertiary alicyclic amines) is 1.